The fraction of sp³-hybridized carbons (Fsp3) is 0.556. The number of fused-ring (bicyclic) bond motifs is 1. The van der Waals surface area contributed by atoms with E-state index in [1.165, 1.54) is 23.4 Å². The van der Waals surface area contributed by atoms with E-state index < -0.39 is 0 Å². The molecule has 2 fully saturated rings. The molecule has 0 bridgehead atoms. The van der Waals surface area contributed by atoms with E-state index in [0.717, 1.165) is 49.0 Å². The maximum atomic E-state index is 4.83. The molecule has 5 rings (SSSR count). The van der Waals surface area contributed by atoms with Gasteiger partial charge in [0.2, 0.25) is 0 Å². The van der Waals surface area contributed by atoms with Crippen LogP contribution in [0.2, 0.25) is 0 Å². The van der Waals surface area contributed by atoms with Crippen LogP contribution in [0.15, 0.2) is 18.3 Å². The van der Waals surface area contributed by atoms with Gasteiger partial charge in [0.1, 0.15) is 0 Å². The fourth-order valence-corrected chi connectivity index (χ4v) is 4.56. The number of hydrogen-bond acceptors (Lipinski definition) is 6. The van der Waals surface area contributed by atoms with Crippen LogP contribution in [0.4, 0.5) is 0 Å². The van der Waals surface area contributed by atoms with Crippen molar-refractivity contribution in [3.63, 3.8) is 0 Å². The summed E-state index contributed by atoms with van der Waals surface area (Å²) in [6.07, 6.45) is 6.79. The zero-order valence-corrected chi connectivity index (χ0v) is 15.2. The van der Waals surface area contributed by atoms with Crippen molar-refractivity contribution in [1.82, 2.24) is 29.7 Å². The van der Waals surface area contributed by atoms with Gasteiger partial charge in [-0.05, 0) is 57.8 Å². The third kappa shape index (κ3) is 3.06. The highest BCUT2D eigenvalue weighted by Gasteiger charge is 2.28. The Morgan fingerprint density at radius 2 is 1.92 bits per heavy atom. The molecule has 1 aliphatic carbocycles. The highest BCUT2D eigenvalue weighted by molar-refractivity contribution is 7.11. The number of rotatable bonds is 4. The van der Waals surface area contributed by atoms with Crippen molar-refractivity contribution in [3.05, 3.63) is 39.7 Å². The molecule has 1 saturated carbocycles. The molecular formula is C18H22N6S. The van der Waals surface area contributed by atoms with E-state index in [1.807, 2.05) is 10.7 Å². The maximum absolute atomic E-state index is 4.83. The lowest BCUT2D eigenvalue weighted by Gasteiger charge is -2.30. The quantitative estimate of drug-likeness (QED) is 0.720. The summed E-state index contributed by atoms with van der Waals surface area (Å²) in [5.74, 6) is 2.16. The summed E-state index contributed by atoms with van der Waals surface area (Å²) in [5.41, 5.74) is 2.08. The van der Waals surface area contributed by atoms with E-state index in [1.54, 1.807) is 11.3 Å². The van der Waals surface area contributed by atoms with E-state index in [4.69, 9.17) is 5.10 Å². The van der Waals surface area contributed by atoms with Crippen molar-refractivity contribution >= 4 is 17.0 Å². The Hall–Kier alpha value is -1.86. The first-order valence-electron chi connectivity index (χ1n) is 9.12. The van der Waals surface area contributed by atoms with E-state index >= 15 is 0 Å². The molecule has 0 amide bonds. The van der Waals surface area contributed by atoms with Crippen LogP contribution in [0.25, 0.3) is 5.65 Å². The van der Waals surface area contributed by atoms with Crippen LogP contribution < -0.4 is 0 Å². The molecule has 4 heterocycles. The highest BCUT2D eigenvalue weighted by Crippen LogP contribution is 2.39. The normalized spacial score (nSPS) is 19.7. The van der Waals surface area contributed by atoms with Gasteiger partial charge in [-0.3, -0.25) is 4.90 Å². The fourth-order valence-electron chi connectivity index (χ4n) is 3.72. The Labute approximate surface area is 150 Å². The van der Waals surface area contributed by atoms with Gasteiger partial charge in [0.05, 0.1) is 10.7 Å². The van der Waals surface area contributed by atoms with Crippen molar-refractivity contribution in [2.75, 3.05) is 13.1 Å². The molecule has 0 N–H and O–H groups in total. The minimum absolute atomic E-state index is 0.455. The molecule has 0 atom stereocenters. The molecule has 0 spiro atoms. The summed E-state index contributed by atoms with van der Waals surface area (Å²) in [6, 6.07) is 4.18. The van der Waals surface area contributed by atoms with E-state index in [2.05, 4.69) is 39.1 Å². The van der Waals surface area contributed by atoms with Crippen molar-refractivity contribution in [3.8, 4) is 0 Å². The van der Waals surface area contributed by atoms with Crippen molar-refractivity contribution < 1.29 is 0 Å². The van der Waals surface area contributed by atoms with Crippen LogP contribution in [0.3, 0.4) is 0 Å². The van der Waals surface area contributed by atoms with Gasteiger partial charge in [0.25, 0.3) is 0 Å². The van der Waals surface area contributed by atoms with Gasteiger partial charge in [-0.15, -0.1) is 21.5 Å². The van der Waals surface area contributed by atoms with Crippen LogP contribution in [0.1, 0.15) is 58.9 Å². The zero-order chi connectivity index (χ0) is 16.8. The van der Waals surface area contributed by atoms with Gasteiger partial charge in [-0.2, -0.15) is 9.61 Å². The smallest absolute Gasteiger partial charge is 0.177 e. The molecule has 3 aromatic rings. The molecule has 0 radical (unpaired) electrons. The number of nitrogens with zero attached hydrogens (tertiary/aromatic N) is 6. The molecule has 25 heavy (non-hydrogen) atoms. The second-order valence-electron chi connectivity index (χ2n) is 7.26. The maximum Gasteiger partial charge on any atom is 0.177 e. The first-order chi connectivity index (χ1) is 12.3. The molecule has 0 aromatic carbocycles. The topological polar surface area (TPSA) is 59.2 Å². The largest absolute Gasteiger partial charge is 0.298 e. The summed E-state index contributed by atoms with van der Waals surface area (Å²) < 4.78 is 2.00. The van der Waals surface area contributed by atoms with Gasteiger partial charge in [0.15, 0.2) is 11.5 Å². The van der Waals surface area contributed by atoms with Gasteiger partial charge < -0.3 is 0 Å². The molecule has 6 nitrogen and oxygen atoms in total. The first kappa shape index (κ1) is 15.4. The minimum atomic E-state index is 0.455. The molecule has 3 aromatic heterocycles. The zero-order valence-electron chi connectivity index (χ0n) is 14.4. The van der Waals surface area contributed by atoms with Crippen molar-refractivity contribution in [1.29, 1.82) is 0 Å². The minimum Gasteiger partial charge on any atom is -0.298 e. The highest BCUT2D eigenvalue weighted by atomic mass is 32.1. The molecule has 1 saturated heterocycles. The average molecular weight is 354 g/mol. The van der Waals surface area contributed by atoms with Crippen LogP contribution in [-0.2, 0) is 6.54 Å². The van der Waals surface area contributed by atoms with Crippen LogP contribution in [0, 0.1) is 6.92 Å². The van der Waals surface area contributed by atoms with Gasteiger partial charge in [-0.1, -0.05) is 0 Å². The third-order valence-electron chi connectivity index (χ3n) is 5.30. The van der Waals surface area contributed by atoms with Gasteiger partial charge in [-0.25, -0.2) is 4.98 Å². The second-order valence-corrected chi connectivity index (χ2v) is 8.58. The van der Waals surface area contributed by atoms with Gasteiger partial charge in [0, 0.05) is 29.5 Å². The van der Waals surface area contributed by atoms with E-state index in [-0.39, 0.29) is 0 Å². The predicted molar refractivity (Wildman–Crippen MR) is 96.9 cm³/mol. The number of hydrogen-bond donors (Lipinski definition) is 0. The number of aromatic nitrogens is 5. The summed E-state index contributed by atoms with van der Waals surface area (Å²) in [7, 11) is 0. The molecule has 2 aliphatic rings. The molecule has 7 heteroatoms. The molecule has 0 unspecified atom stereocenters. The summed E-state index contributed by atoms with van der Waals surface area (Å²) >= 11 is 1.80. The summed E-state index contributed by atoms with van der Waals surface area (Å²) in [6.45, 7) is 5.28. The SMILES string of the molecule is Cc1ncc(CN2CCC(c3nnc4ccc(C5CC5)nn34)CC2)s1. The summed E-state index contributed by atoms with van der Waals surface area (Å²) in [5, 5.41) is 14.8. The first-order valence-corrected chi connectivity index (χ1v) is 9.94. The monoisotopic (exact) mass is 354 g/mol. The van der Waals surface area contributed by atoms with Crippen molar-refractivity contribution in [2.45, 2.75) is 51.0 Å². The number of aryl methyl sites for hydroxylation is 1. The molecular weight excluding hydrogens is 332 g/mol. The number of likely N-dealkylation sites (tertiary alicyclic amines) is 1. The lowest BCUT2D eigenvalue weighted by Crippen LogP contribution is -2.32. The lowest BCUT2D eigenvalue weighted by molar-refractivity contribution is 0.202. The standard InChI is InChI=1S/C18H22N6S/c1-12-19-10-15(25-12)11-23-8-6-14(7-9-23)18-21-20-17-5-4-16(13-2-3-13)22-24(17)18/h4-5,10,13-14H,2-3,6-9,11H2,1H3. The Bertz CT molecular complexity index is 888. The Balaban J connectivity index is 1.30. The van der Waals surface area contributed by atoms with Crippen LogP contribution in [0.5, 0.6) is 0 Å². The molecule has 1 aliphatic heterocycles. The molecule has 130 valence electrons. The van der Waals surface area contributed by atoms with E-state index in [9.17, 15) is 0 Å². The second kappa shape index (κ2) is 6.14. The van der Waals surface area contributed by atoms with Crippen LogP contribution >= 0.6 is 11.3 Å². The predicted octanol–water partition coefficient (Wildman–Crippen LogP) is 3.15. The lowest BCUT2D eigenvalue weighted by atomic mass is 9.96. The number of thiazole rings is 1. The Kier molecular flexibility index (Phi) is 3.78. The summed E-state index contributed by atoms with van der Waals surface area (Å²) in [4.78, 5) is 8.25. The van der Waals surface area contributed by atoms with Crippen molar-refractivity contribution in [2.24, 2.45) is 0 Å². The van der Waals surface area contributed by atoms with Gasteiger partial charge >= 0.3 is 0 Å². The van der Waals surface area contributed by atoms with E-state index in [0.29, 0.717) is 11.8 Å². The average Bonchev–Trinajstić information content (AvgIpc) is 3.28. The Morgan fingerprint density at radius 1 is 1.08 bits per heavy atom. The number of piperidine rings is 1. The van der Waals surface area contributed by atoms with Crippen LogP contribution in [-0.4, -0.2) is 42.8 Å². The Morgan fingerprint density at radius 3 is 2.64 bits per heavy atom. The third-order valence-corrected chi connectivity index (χ3v) is 6.20.